The van der Waals surface area contributed by atoms with Crippen LogP contribution in [0.4, 0.5) is 10.6 Å². The summed E-state index contributed by atoms with van der Waals surface area (Å²) < 4.78 is 48.0. The molecule has 3 aliphatic rings. The fraction of sp³-hybridized carbons (Fsp3) is 0.560. The second kappa shape index (κ2) is 14.1. The summed E-state index contributed by atoms with van der Waals surface area (Å²) in [6, 6.07) is -0.748. The number of aromatic nitrogens is 4. The van der Waals surface area contributed by atoms with Crippen molar-refractivity contribution in [2.45, 2.75) is 63.2 Å². The van der Waals surface area contributed by atoms with Crippen molar-refractivity contribution in [3.8, 4) is 0 Å². The lowest BCUT2D eigenvalue weighted by molar-refractivity contribution is -0.477. The van der Waals surface area contributed by atoms with Gasteiger partial charge in [0.05, 0.1) is 43.1 Å². The normalized spacial score (nSPS) is 27.7. The van der Waals surface area contributed by atoms with Crippen LogP contribution < -0.4 is 21.5 Å². The van der Waals surface area contributed by atoms with Gasteiger partial charge >= 0.3 is 23.4 Å². The number of H-pyrrole nitrogens is 1. The topological polar surface area (TPSA) is 264 Å². The summed E-state index contributed by atoms with van der Waals surface area (Å²) in [5, 5.41) is 13.1. The van der Waals surface area contributed by atoms with Crippen molar-refractivity contribution in [3.05, 3.63) is 67.0 Å². The molecule has 0 spiro atoms. The molecule has 1 radical (unpaired) electrons. The van der Waals surface area contributed by atoms with E-state index in [-0.39, 0.29) is 37.1 Å². The van der Waals surface area contributed by atoms with E-state index in [0.717, 1.165) is 22.0 Å². The molecule has 5 heterocycles. The molecule has 2 N–H and O–H groups in total. The van der Waals surface area contributed by atoms with Gasteiger partial charge in [-0.2, -0.15) is 0 Å². The highest BCUT2D eigenvalue weighted by Gasteiger charge is 2.46. The Morgan fingerprint density at radius 2 is 1.81 bits per heavy atom. The Labute approximate surface area is 264 Å². The van der Waals surface area contributed by atoms with Crippen LogP contribution in [0.1, 0.15) is 31.6 Å². The molecule has 3 amide bonds. The van der Waals surface area contributed by atoms with Crippen molar-refractivity contribution in [3.63, 3.8) is 0 Å². The number of phosphoric ester groups is 1. The Hall–Kier alpha value is -3.92. The van der Waals surface area contributed by atoms with Crippen molar-refractivity contribution in [2.24, 2.45) is 0 Å². The van der Waals surface area contributed by atoms with Gasteiger partial charge in [0, 0.05) is 39.5 Å². The summed E-state index contributed by atoms with van der Waals surface area (Å²) in [7, 11) is -2.31. The van der Waals surface area contributed by atoms with Crippen molar-refractivity contribution in [1.82, 2.24) is 24.0 Å². The van der Waals surface area contributed by atoms with Crippen LogP contribution in [0.2, 0.25) is 0 Å². The highest BCUT2D eigenvalue weighted by Crippen LogP contribution is 2.45. The monoisotopic (exact) mass is 684 g/mol. The lowest BCUT2D eigenvalue weighted by Gasteiger charge is -2.29. The number of carbonyl (C=O) groups excluding carboxylic acids is 2. The Morgan fingerprint density at radius 3 is 2.49 bits per heavy atom. The predicted molar refractivity (Wildman–Crippen MR) is 149 cm³/mol. The SMILES string of the molecule is COC[C@H]1O[C@@H](N2C=C(C)C(=O)[NH+]C2=O)C[C@H]1OP(=O)([O-])OC[C@H]1O[C@@H](n2cc(Cn3cnc([N+](=O)[O-])c3)c(=O)[nH]c2=O)C[C@H]1OC. The van der Waals surface area contributed by atoms with Crippen molar-refractivity contribution < 1.29 is 57.3 Å². The van der Waals surface area contributed by atoms with E-state index in [1.54, 1.807) is 0 Å². The number of carbonyl (C=O) groups is 2. The lowest BCUT2D eigenvalue weighted by atomic mass is 10.2. The third kappa shape index (κ3) is 7.80. The van der Waals surface area contributed by atoms with Crippen LogP contribution in [-0.4, -0.2) is 98.9 Å². The molecule has 3 aliphatic heterocycles. The number of imide groups is 1. The highest BCUT2D eigenvalue weighted by molar-refractivity contribution is 7.45. The number of phosphoric acid groups is 1. The Morgan fingerprint density at radius 1 is 1.11 bits per heavy atom. The largest absolute Gasteiger partial charge is 0.756 e. The summed E-state index contributed by atoms with van der Waals surface area (Å²) in [6.45, 7) is 0.706. The second-order valence-corrected chi connectivity index (χ2v) is 12.2. The quantitative estimate of drug-likeness (QED) is 0.129. The number of imidazole rings is 1. The molecule has 2 aromatic rings. The Balaban J connectivity index is 1.23. The van der Waals surface area contributed by atoms with E-state index in [1.165, 1.54) is 38.1 Å². The van der Waals surface area contributed by atoms with Gasteiger partial charge in [0.25, 0.3) is 13.4 Å². The second-order valence-electron chi connectivity index (χ2n) is 10.8. The molecule has 2 saturated heterocycles. The van der Waals surface area contributed by atoms with Crippen LogP contribution in [-0.2, 0) is 43.9 Å². The Bertz CT molecular complexity index is 1720. The molecular weight excluding hydrogens is 653 g/mol. The molecule has 2 aromatic heterocycles. The van der Waals surface area contributed by atoms with Crippen LogP contribution in [0.25, 0.3) is 0 Å². The van der Waals surface area contributed by atoms with E-state index in [0.29, 0.717) is 0 Å². The van der Waals surface area contributed by atoms with Crippen LogP contribution in [0.5, 0.6) is 0 Å². The first-order chi connectivity index (χ1) is 22.3. The molecular formula is C25H31N7O14P. The number of ether oxygens (including phenoxy) is 4. The molecule has 0 bridgehead atoms. The molecule has 5 rings (SSSR count). The van der Waals surface area contributed by atoms with Gasteiger partial charge < -0.3 is 47.6 Å². The minimum Gasteiger partial charge on any atom is -0.756 e. The number of urea groups is 1. The molecule has 0 aromatic carbocycles. The number of nitrogens with one attached hydrogen (secondary N) is 2. The summed E-state index contributed by atoms with van der Waals surface area (Å²) in [4.78, 5) is 79.4. The average Bonchev–Trinajstić information content (AvgIpc) is 3.74. The standard InChI is InChI=1S/C25H32N7O14P/c1-13-6-30(24(35)27-22(13)33)21-5-16(17(44-21)10-41-2)46-47(39,40)43-11-18-15(42-3)4-20(45-18)31-8-14(23(34)28-25(31)36)7-29-9-19(26-12-29)32(37)38/h6,8-9,12,15-18,20-21,27H,4-5,7,10-11H2,1-3H3,(H,39,40)(H,28,34,36)/q+1/p-1/t15-,16-,17-,18-,20-,21-/m1/s1. The van der Waals surface area contributed by atoms with Crippen LogP contribution in [0, 0.1) is 10.1 Å². The molecule has 0 saturated carbocycles. The number of nitrogens with zero attached hydrogens (tertiary/aromatic N) is 5. The maximum atomic E-state index is 12.9. The van der Waals surface area contributed by atoms with Crippen LogP contribution in [0.3, 0.4) is 0 Å². The minimum atomic E-state index is -5.04. The summed E-state index contributed by atoms with van der Waals surface area (Å²) in [5.74, 6) is -0.990. The molecule has 255 valence electrons. The average molecular weight is 685 g/mol. The van der Waals surface area contributed by atoms with Gasteiger partial charge in [0.15, 0.2) is 0 Å². The number of amides is 3. The molecule has 21 nitrogen and oxygen atoms in total. The maximum Gasteiger partial charge on any atom is 0.480 e. The zero-order valence-corrected chi connectivity index (χ0v) is 26.1. The molecule has 7 atom stereocenters. The summed E-state index contributed by atoms with van der Waals surface area (Å²) >= 11 is 0. The predicted octanol–water partition coefficient (Wildman–Crippen LogP) is -2.16. The highest BCUT2D eigenvalue weighted by atomic mass is 31.2. The number of hydrogen-bond acceptors (Lipinski definition) is 15. The van der Waals surface area contributed by atoms with E-state index in [9.17, 15) is 38.8 Å². The number of aromatic amines is 1. The third-order valence-electron chi connectivity index (χ3n) is 7.62. The van der Waals surface area contributed by atoms with Gasteiger partial charge in [0.2, 0.25) is 6.33 Å². The zero-order chi connectivity index (χ0) is 34.0. The number of nitro groups is 1. The van der Waals surface area contributed by atoms with Gasteiger partial charge in [-0.3, -0.25) is 18.9 Å². The fourth-order valence-corrected chi connectivity index (χ4v) is 6.25. The first-order valence-corrected chi connectivity index (χ1v) is 15.5. The van der Waals surface area contributed by atoms with Gasteiger partial charge in [-0.1, -0.05) is 0 Å². The zero-order valence-electron chi connectivity index (χ0n) is 25.2. The summed E-state index contributed by atoms with van der Waals surface area (Å²) in [6.07, 6.45) is -0.958. The first-order valence-electron chi connectivity index (χ1n) is 14.1. The van der Waals surface area contributed by atoms with E-state index in [2.05, 4.69) is 15.3 Å². The van der Waals surface area contributed by atoms with E-state index in [1.807, 2.05) is 0 Å². The number of hydrogen-bond donors (Lipinski definition) is 2. The molecule has 1 unspecified atom stereocenters. The van der Waals surface area contributed by atoms with Gasteiger partial charge in [-0.05, 0) is 22.1 Å². The summed E-state index contributed by atoms with van der Waals surface area (Å²) in [5.41, 5.74) is -1.23. The third-order valence-corrected chi connectivity index (χ3v) is 8.62. The van der Waals surface area contributed by atoms with Crippen molar-refractivity contribution in [2.75, 3.05) is 27.4 Å². The molecule has 0 aliphatic carbocycles. The van der Waals surface area contributed by atoms with Crippen LogP contribution >= 0.6 is 7.82 Å². The molecule has 47 heavy (non-hydrogen) atoms. The molecule has 2 fully saturated rings. The number of methoxy groups -OCH3 is 2. The smallest absolute Gasteiger partial charge is 0.480 e. The van der Waals surface area contributed by atoms with Gasteiger partial charge in [-0.15, -0.1) is 0 Å². The maximum absolute atomic E-state index is 12.9. The van der Waals surface area contributed by atoms with Crippen molar-refractivity contribution >= 4 is 25.6 Å². The Kier molecular flexibility index (Phi) is 10.3. The molecule has 22 heteroatoms. The minimum absolute atomic E-state index is 0.0635. The fourth-order valence-electron chi connectivity index (χ4n) is 5.31. The van der Waals surface area contributed by atoms with E-state index >= 15 is 0 Å². The van der Waals surface area contributed by atoms with Gasteiger partial charge in [-0.25, -0.2) is 19.3 Å². The number of rotatable bonds is 13. The van der Waals surface area contributed by atoms with Crippen molar-refractivity contribution in [1.29, 1.82) is 0 Å². The van der Waals surface area contributed by atoms with Gasteiger partial charge in [0.1, 0.15) is 30.9 Å². The van der Waals surface area contributed by atoms with E-state index in [4.69, 9.17) is 28.0 Å². The van der Waals surface area contributed by atoms with E-state index < -0.39 is 85.2 Å². The first kappa shape index (κ1) is 34.4. The lowest BCUT2D eigenvalue weighted by Crippen LogP contribution is -2.95. The van der Waals surface area contributed by atoms with Crippen LogP contribution in [0.15, 0.2) is 40.1 Å².